The summed E-state index contributed by atoms with van der Waals surface area (Å²) < 4.78 is 46.2. The number of benzene rings is 1. The highest BCUT2D eigenvalue weighted by molar-refractivity contribution is 6.02. The molecule has 0 unspecified atom stereocenters. The van der Waals surface area contributed by atoms with Crippen molar-refractivity contribution < 1.29 is 27.8 Å². The minimum absolute atomic E-state index is 0.0448. The van der Waals surface area contributed by atoms with Crippen molar-refractivity contribution in [3.63, 3.8) is 0 Å². The molecule has 1 aliphatic carbocycles. The Labute approximate surface area is 206 Å². The molecule has 3 aromatic heterocycles. The molecule has 8 nitrogen and oxygen atoms in total. The van der Waals surface area contributed by atoms with E-state index in [9.17, 15) is 13.6 Å². The van der Waals surface area contributed by atoms with E-state index in [1.165, 1.54) is 13.2 Å². The van der Waals surface area contributed by atoms with Crippen molar-refractivity contribution in [2.75, 3.05) is 7.11 Å². The first-order valence-electron chi connectivity index (χ1n) is 11.6. The second-order valence-electron chi connectivity index (χ2n) is 8.92. The molecule has 0 amide bonds. The van der Waals surface area contributed by atoms with Crippen molar-refractivity contribution in [3.05, 3.63) is 59.7 Å². The van der Waals surface area contributed by atoms with Crippen molar-refractivity contribution in [2.24, 2.45) is 13.0 Å². The van der Waals surface area contributed by atoms with Gasteiger partial charge in [-0.1, -0.05) is 0 Å². The molecule has 10 heteroatoms. The zero-order valence-corrected chi connectivity index (χ0v) is 20.2. The first-order valence-corrected chi connectivity index (χ1v) is 11.6. The molecular weight excluding hydrogens is 470 g/mol. The fourth-order valence-electron chi connectivity index (χ4n) is 4.27. The lowest BCUT2D eigenvalue weighted by molar-refractivity contribution is -0.0502. The molecule has 5 rings (SSSR count). The average Bonchev–Trinajstić information content (AvgIpc) is 3.45. The fraction of sp³-hybridized carbons (Fsp3) is 0.346. The lowest BCUT2D eigenvalue weighted by atomic mass is 10.00. The lowest BCUT2D eigenvalue weighted by Gasteiger charge is -2.16. The van der Waals surface area contributed by atoms with Crippen LogP contribution in [0.4, 0.5) is 8.78 Å². The number of aryl methyl sites for hydroxylation is 2. The molecule has 0 bridgehead atoms. The number of nitrogens with zero attached hydrogens (tertiary/aromatic N) is 4. The van der Waals surface area contributed by atoms with Crippen LogP contribution >= 0.6 is 0 Å². The van der Waals surface area contributed by atoms with E-state index in [0.717, 1.165) is 24.2 Å². The van der Waals surface area contributed by atoms with Gasteiger partial charge in [0, 0.05) is 31.3 Å². The predicted molar refractivity (Wildman–Crippen MR) is 128 cm³/mol. The third-order valence-electron chi connectivity index (χ3n) is 6.22. The number of aromatic nitrogens is 4. The van der Waals surface area contributed by atoms with Crippen LogP contribution in [0.5, 0.6) is 17.2 Å². The third-order valence-corrected chi connectivity index (χ3v) is 6.22. The van der Waals surface area contributed by atoms with E-state index in [1.807, 2.05) is 20.0 Å². The van der Waals surface area contributed by atoms with Crippen LogP contribution in [0.15, 0.2) is 42.7 Å². The van der Waals surface area contributed by atoms with Crippen molar-refractivity contribution in [1.82, 2.24) is 19.2 Å². The Kier molecular flexibility index (Phi) is 6.34. The Hall–Kier alpha value is -3.95. The highest BCUT2D eigenvalue weighted by Gasteiger charge is 2.29. The number of pyridine rings is 1. The number of ether oxygens (including phenoxy) is 3. The largest absolute Gasteiger partial charge is 0.496 e. The molecule has 1 fully saturated rings. The van der Waals surface area contributed by atoms with Gasteiger partial charge in [0.2, 0.25) is 0 Å². The lowest BCUT2D eigenvalue weighted by Crippen LogP contribution is -2.11. The number of fused-ring (bicyclic) bond motifs is 1. The summed E-state index contributed by atoms with van der Waals surface area (Å²) in [5.41, 5.74) is 3.65. The molecular formula is C26H26F2N4O4. The monoisotopic (exact) mass is 496 g/mol. The highest BCUT2D eigenvalue weighted by atomic mass is 19.3. The summed E-state index contributed by atoms with van der Waals surface area (Å²) in [5.74, 6) is 0.638. The van der Waals surface area contributed by atoms with E-state index in [2.05, 4.69) is 10.1 Å². The number of carbonyl (C=O) groups excluding carboxylic acids is 1. The second kappa shape index (κ2) is 9.60. The Morgan fingerprint density at radius 2 is 1.97 bits per heavy atom. The quantitative estimate of drug-likeness (QED) is 0.280. The van der Waals surface area contributed by atoms with Gasteiger partial charge >= 0.3 is 6.61 Å². The normalized spacial score (nSPS) is 13.4. The van der Waals surface area contributed by atoms with Gasteiger partial charge in [-0.3, -0.25) is 13.9 Å². The summed E-state index contributed by atoms with van der Waals surface area (Å²) in [5, 5.41) is 4.31. The SMILES string of the molecule is COc1cc(-c2cnc3cc(OCc4cc(C)nn4C)ccn23)cc(OC(F)F)c1C(=O)CC1CC1. The van der Waals surface area contributed by atoms with Gasteiger partial charge in [-0.2, -0.15) is 13.9 Å². The molecule has 1 saturated carbocycles. The third kappa shape index (κ3) is 4.89. The number of carbonyl (C=O) groups is 1. The number of imidazole rings is 1. The van der Waals surface area contributed by atoms with Gasteiger partial charge in [-0.15, -0.1) is 0 Å². The van der Waals surface area contributed by atoms with Crippen LogP contribution in [0.1, 0.15) is 41.0 Å². The van der Waals surface area contributed by atoms with Gasteiger partial charge in [0.25, 0.3) is 0 Å². The maximum absolute atomic E-state index is 13.3. The topological polar surface area (TPSA) is 79.9 Å². The van der Waals surface area contributed by atoms with Crippen LogP contribution in [0.3, 0.4) is 0 Å². The van der Waals surface area contributed by atoms with Gasteiger partial charge in [-0.05, 0) is 49.9 Å². The molecule has 3 heterocycles. The zero-order valence-electron chi connectivity index (χ0n) is 20.2. The van der Waals surface area contributed by atoms with Crippen molar-refractivity contribution >= 4 is 11.4 Å². The van der Waals surface area contributed by atoms with Gasteiger partial charge in [0.1, 0.15) is 35.1 Å². The molecule has 0 N–H and O–H groups in total. The van der Waals surface area contributed by atoms with E-state index >= 15 is 0 Å². The Morgan fingerprint density at radius 1 is 1.19 bits per heavy atom. The van der Waals surface area contributed by atoms with Gasteiger partial charge in [0.05, 0.1) is 30.4 Å². The molecule has 0 aliphatic heterocycles. The number of hydrogen-bond donors (Lipinski definition) is 0. The van der Waals surface area contributed by atoms with Crippen LogP contribution in [0.2, 0.25) is 0 Å². The first-order chi connectivity index (χ1) is 17.3. The number of ketones is 1. The summed E-state index contributed by atoms with van der Waals surface area (Å²) in [6, 6.07) is 8.62. The number of halogens is 2. The van der Waals surface area contributed by atoms with Crippen LogP contribution < -0.4 is 14.2 Å². The van der Waals surface area contributed by atoms with E-state index in [4.69, 9.17) is 14.2 Å². The number of methoxy groups -OCH3 is 1. The molecule has 0 atom stereocenters. The van der Waals surface area contributed by atoms with Crippen LogP contribution in [0.25, 0.3) is 16.9 Å². The Bertz CT molecular complexity index is 1430. The number of Topliss-reactive ketones (excluding diaryl/α,β-unsaturated/α-hetero) is 1. The van der Waals surface area contributed by atoms with Gasteiger partial charge < -0.3 is 14.2 Å². The molecule has 0 radical (unpaired) electrons. The predicted octanol–water partition coefficient (Wildman–Crippen LogP) is 5.22. The summed E-state index contributed by atoms with van der Waals surface area (Å²) in [4.78, 5) is 17.3. The van der Waals surface area contributed by atoms with Crippen LogP contribution in [0, 0.1) is 12.8 Å². The first kappa shape index (κ1) is 23.8. The maximum atomic E-state index is 13.3. The minimum atomic E-state index is -3.08. The number of hydrogen-bond acceptors (Lipinski definition) is 6. The summed E-state index contributed by atoms with van der Waals surface area (Å²) in [7, 11) is 3.27. The molecule has 0 saturated heterocycles. The smallest absolute Gasteiger partial charge is 0.387 e. The molecule has 0 spiro atoms. The minimum Gasteiger partial charge on any atom is -0.496 e. The summed E-state index contributed by atoms with van der Waals surface area (Å²) >= 11 is 0. The molecule has 36 heavy (non-hydrogen) atoms. The number of alkyl halides is 2. The number of rotatable bonds is 10. The standard InChI is InChI=1S/C26H26F2N4O4/c1-15-8-18(31(2)30-15)14-35-19-6-7-32-20(13-29-24(32)12-19)17-10-22(34-3)25(21(33)9-16-4-5-16)23(11-17)36-26(27)28/h6-8,10-13,16,26H,4-5,9,14H2,1-3H3. The Balaban J connectivity index is 1.47. The summed E-state index contributed by atoms with van der Waals surface area (Å²) in [6.07, 6.45) is 5.62. The second-order valence-corrected chi connectivity index (χ2v) is 8.92. The molecule has 1 aromatic carbocycles. The van der Waals surface area contributed by atoms with Gasteiger partial charge in [-0.25, -0.2) is 4.98 Å². The van der Waals surface area contributed by atoms with Crippen LogP contribution in [-0.2, 0) is 13.7 Å². The Morgan fingerprint density at radius 3 is 2.64 bits per heavy atom. The molecule has 4 aromatic rings. The van der Waals surface area contributed by atoms with Crippen molar-refractivity contribution in [3.8, 4) is 28.5 Å². The fourth-order valence-corrected chi connectivity index (χ4v) is 4.27. The van der Waals surface area contributed by atoms with Crippen molar-refractivity contribution in [1.29, 1.82) is 0 Å². The highest BCUT2D eigenvalue weighted by Crippen LogP contribution is 2.40. The maximum Gasteiger partial charge on any atom is 0.387 e. The van der Waals surface area contributed by atoms with E-state index in [-0.39, 0.29) is 29.3 Å². The van der Waals surface area contributed by atoms with E-state index in [0.29, 0.717) is 35.2 Å². The average molecular weight is 497 g/mol. The van der Waals surface area contributed by atoms with Gasteiger partial charge in [0.15, 0.2) is 5.78 Å². The van der Waals surface area contributed by atoms with Crippen LogP contribution in [-0.4, -0.2) is 38.7 Å². The van der Waals surface area contributed by atoms with E-state index < -0.39 is 6.61 Å². The molecule has 1 aliphatic rings. The molecule has 188 valence electrons. The summed E-state index contributed by atoms with van der Waals surface area (Å²) in [6.45, 7) is -0.810. The zero-order chi connectivity index (χ0) is 25.4. The van der Waals surface area contributed by atoms with E-state index in [1.54, 1.807) is 39.7 Å². The van der Waals surface area contributed by atoms with Crippen molar-refractivity contribution in [2.45, 2.75) is 39.4 Å².